The van der Waals surface area contributed by atoms with Gasteiger partial charge in [-0.25, -0.2) is 4.57 Å². The Morgan fingerprint density at radius 1 is 0.800 bits per heavy atom. The van der Waals surface area contributed by atoms with Gasteiger partial charge in [0.1, 0.15) is 7.05 Å². The van der Waals surface area contributed by atoms with Crippen LogP contribution in [0.3, 0.4) is 0 Å². The van der Waals surface area contributed by atoms with Crippen molar-refractivity contribution in [2.24, 2.45) is 7.05 Å². The lowest BCUT2D eigenvalue weighted by Gasteiger charge is -2.14. The number of benzene rings is 3. The molecule has 2 heteroatoms. The van der Waals surface area contributed by atoms with Gasteiger partial charge in [0.25, 0.3) is 0 Å². The molecule has 0 aliphatic carbocycles. The summed E-state index contributed by atoms with van der Waals surface area (Å²) in [6.07, 6.45) is 4.41. The highest BCUT2D eigenvalue weighted by Crippen LogP contribution is 2.40. The number of aryl methyl sites for hydroxylation is 2. The number of hydrogen-bond acceptors (Lipinski definition) is 0. The van der Waals surface area contributed by atoms with Gasteiger partial charge in [-0.15, -0.1) is 0 Å². The van der Waals surface area contributed by atoms with Gasteiger partial charge in [0, 0.05) is 17.6 Å². The second kappa shape index (κ2) is 4.28. The Morgan fingerprint density at radius 2 is 1.64 bits per heavy atom. The van der Waals surface area contributed by atoms with Crippen molar-refractivity contribution >= 4 is 48.9 Å². The minimum atomic E-state index is 1.28. The summed E-state index contributed by atoms with van der Waals surface area (Å²) in [5.74, 6) is 0. The third kappa shape index (κ3) is 1.44. The van der Waals surface area contributed by atoms with E-state index in [9.17, 15) is 0 Å². The molecule has 3 aromatic carbocycles. The van der Waals surface area contributed by atoms with Crippen LogP contribution in [-0.2, 0) is 7.05 Å². The van der Waals surface area contributed by atoms with Gasteiger partial charge in [-0.2, -0.15) is 0 Å². The molecule has 0 atom stereocenters. The Labute approximate surface area is 144 Å². The number of hydrogen-bond donors (Lipinski definition) is 0. The molecular formula is C23H17N2+. The van der Waals surface area contributed by atoms with Gasteiger partial charge in [0.15, 0.2) is 6.20 Å². The molecule has 2 nitrogen and oxygen atoms in total. The molecule has 0 aliphatic rings. The zero-order chi connectivity index (χ0) is 16.7. The lowest BCUT2D eigenvalue weighted by Crippen LogP contribution is -2.28. The van der Waals surface area contributed by atoms with Crippen molar-refractivity contribution in [3.63, 3.8) is 0 Å². The van der Waals surface area contributed by atoms with E-state index in [0.29, 0.717) is 0 Å². The van der Waals surface area contributed by atoms with Crippen LogP contribution in [0.1, 0.15) is 5.56 Å². The number of nitrogens with zero attached hydrogens (tertiary/aromatic N) is 2. The SMILES string of the molecule is Cc1c2ccccc2c2ccn3c4cccc5cc[n+](C)c(c1c23)c54. The average Bonchev–Trinajstić information content (AvgIpc) is 3.09. The van der Waals surface area contributed by atoms with Crippen LogP contribution in [0.25, 0.3) is 48.9 Å². The molecule has 0 spiro atoms. The molecule has 0 saturated carbocycles. The molecule has 0 N–H and O–H groups in total. The first-order valence-corrected chi connectivity index (χ1v) is 8.70. The van der Waals surface area contributed by atoms with Crippen LogP contribution in [0.4, 0.5) is 0 Å². The molecule has 25 heavy (non-hydrogen) atoms. The molecule has 0 amide bonds. The molecule has 0 bridgehead atoms. The molecular weight excluding hydrogens is 304 g/mol. The zero-order valence-corrected chi connectivity index (χ0v) is 14.2. The van der Waals surface area contributed by atoms with Crippen molar-refractivity contribution in [3.8, 4) is 0 Å². The molecule has 0 fully saturated rings. The highest BCUT2D eigenvalue weighted by molar-refractivity contribution is 6.26. The summed E-state index contributed by atoms with van der Waals surface area (Å²) in [5.41, 5.74) is 5.30. The Kier molecular flexibility index (Phi) is 2.26. The van der Waals surface area contributed by atoms with Crippen molar-refractivity contribution < 1.29 is 4.57 Å². The van der Waals surface area contributed by atoms with E-state index in [1.807, 2.05) is 0 Å². The monoisotopic (exact) mass is 321 g/mol. The van der Waals surface area contributed by atoms with Gasteiger partial charge in [-0.3, -0.25) is 0 Å². The first kappa shape index (κ1) is 13.2. The van der Waals surface area contributed by atoms with E-state index >= 15 is 0 Å². The summed E-state index contributed by atoms with van der Waals surface area (Å²) in [5, 5.41) is 8.03. The fourth-order valence-electron chi connectivity index (χ4n) is 4.65. The number of pyridine rings is 2. The predicted octanol–water partition coefficient (Wildman–Crippen LogP) is 5.12. The van der Waals surface area contributed by atoms with Crippen LogP contribution in [0.5, 0.6) is 0 Å². The van der Waals surface area contributed by atoms with Crippen molar-refractivity contribution in [1.29, 1.82) is 0 Å². The molecule has 0 saturated heterocycles. The Bertz CT molecular complexity index is 1450. The Balaban J connectivity index is 2.13. The molecule has 0 radical (unpaired) electrons. The van der Waals surface area contributed by atoms with Crippen LogP contribution in [0.2, 0.25) is 0 Å². The fraction of sp³-hybridized carbons (Fsp3) is 0.0870. The summed E-state index contributed by atoms with van der Waals surface area (Å²) in [4.78, 5) is 0. The van der Waals surface area contributed by atoms with E-state index in [1.54, 1.807) is 0 Å². The third-order valence-electron chi connectivity index (χ3n) is 5.76. The number of aromatic nitrogens is 2. The van der Waals surface area contributed by atoms with Crippen LogP contribution in [0.15, 0.2) is 67.0 Å². The van der Waals surface area contributed by atoms with Gasteiger partial charge in [-0.05, 0) is 40.8 Å². The van der Waals surface area contributed by atoms with Gasteiger partial charge < -0.3 is 4.40 Å². The Morgan fingerprint density at radius 3 is 2.52 bits per heavy atom. The van der Waals surface area contributed by atoms with Gasteiger partial charge in [0.2, 0.25) is 5.52 Å². The van der Waals surface area contributed by atoms with Gasteiger partial charge in [-0.1, -0.05) is 36.4 Å². The molecule has 6 aromatic rings. The summed E-state index contributed by atoms with van der Waals surface area (Å²) < 4.78 is 4.65. The minimum absolute atomic E-state index is 1.28. The van der Waals surface area contributed by atoms with E-state index in [-0.39, 0.29) is 0 Å². The number of rotatable bonds is 0. The minimum Gasteiger partial charge on any atom is -0.315 e. The fourth-order valence-corrected chi connectivity index (χ4v) is 4.65. The first-order valence-electron chi connectivity index (χ1n) is 8.70. The smallest absolute Gasteiger partial charge is 0.224 e. The molecule has 6 rings (SSSR count). The van der Waals surface area contributed by atoms with E-state index in [1.165, 1.54) is 54.4 Å². The highest BCUT2D eigenvalue weighted by Gasteiger charge is 2.22. The second-order valence-electron chi connectivity index (χ2n) is 7.01. The molecule has 3 heterocycles. The maximum absolute atomic E-state index is 2.37. The highest BCUT2D eigenvalue weighted by atomic mass is 14.9. The van der Waals surface area contributed by atoms with E-state index in [4.69, 9.17) is 0 Å². The average molecular weight is 321 g/mol. The van der Waals surface area contributed by atoms with Crippen molar-refractivity contribution in [1.82, 2.24) is 4.40 Å². The Hall–Kier alpha value is -3.13. The van der Waals surface area contributed by atoms with Gasteiger partial charge >= 0.3 is 0 Å². The van der Waals surface area contributed by atoms with Crippen LogP contribution in [-0.4, -0.2) is 4.40 Å². The molecule has 0 aliphatic heterocycles. The third-order valence-corrected chi connectivity index (χ3v) is 5.76. The number of fused-ring (bicyclic) bond motifs is 4. The van der Waals surface area contributed by atoms with E-state index < -0.39 is 0 Å². The van der Waals surface area contributed by atoms with Crippen LogP contribution in [0, 0.1) is 6.92 Å². The summed E-state index contributed by atoms with van der Waals surface area (Å²) in [6, 6.07) is 19.9. The summed E-state index contributed by atoms with van der Waals surface area (Å²) in [7, 11) is 2.16. The normalized spacial score (nSPS) is 12.4. The van der Waals surface area contributed by atoms with Crippen molar-refractivity contribution in [2.45, 2.75) is 6.92 Å². The van der Waals surface area contributed by atoms with Crippen LogP contribution >= 0.6 is 0 Å². The van der Waals surface area contributed by atoms with Gasteiger partial charge in [0.05, 0.1) is 21.8 Å². The van der Waals surface area contributed by atoms with Crippen LogP contribution < -0.4 is 4.57 Å². The molecule has 0 unspecified atom stereocenters. The molecule has 118 valence electrons. The maximum Gasteiger partial charge on any atom is 0.224 e. The lowest BCUT2D eigenvalue weighted by atomic mass is 9.95. The largest absolute Gasteiger partial charge is 0.315 e. The quantitative estimate of drug-likeness (QED) is 0.208. The summed E-state index contributed by atoms with van der Waals surface area (Å²) in [6.45, 7) is 2.27. The topological polar surface area (TPSA) is 8.29 Å². The zero-order valence-electron chi connectivity index (χ0n) is 14.2. The first-order chi connectivity index (χ1) is 12.3. The van der Waals surface area contributed by atoms with Crippen molar-refractivity contribution in [3.05, 3.63) is 72.6 Å². The summed E-state index contributed by atoms with van der Waals surface area (Å²) >= 11 is 0. The standard InChI is InChI=1S/C23H17N2/c1-14-16-7-3-4-8-17(16)18-11-13-25-19-9-5-6-15-10-12-24(2)23(21(15)19)20(14)22(18)25/h3-13H,1-2H3/q+1. The maximum atomic E-state index is 2.37. The van der Waals surface area contributed by atoms with E-state index in [0.717, 1.165) is 0 Å². The second-order valence-corrected chi connectivity index (χ2v) is 7.01. The lowest BCUT2D eigenvalue weighted by molar-refractivity contribution is -0.643. The van der Waals surface area contributed by atoms with Crippen molar-refractivity contribution in [2.75, 3.05) is 0 Å². The molecule has 3 aromatic heterocycles. The van der Waals surface area contributed by atoms with E-state index in [2.05, 4.69) is 89.9 Å². The predicted molar refractivity (Wildman–Crippen MR) is 105 cm³/mol.